The van der Waals surface area contributed by atoms with Crippen molar-refractivity contribution in [2.45, 2.75) is 13.0 Å². The summed E-state index contributed by atoms with van der Waals surface area (Å²) in [7, 11) is 0. The molecule has 0 amide bonds. The first-order chi connectivity index (χ1) is 10.1. The van der Waals surface area contributed by atoms with E-state index in [9.17, 15) is 0 Å². The van der Waals surface area contributed by atoms with Crippen molar-refractivity contribution in [2.24, 2.45) is 5.73 Å². The van der Waals surface area contributed by atoms with Crippen LogP contribution in [0.3, 0.4) is 0 Å². The molecule has 0 saturated carbocycles. The maximum absolute atomic E-state index is 6.49. The summed E-state index contributed by atoms with van der Waals surface area (Å²) in [5, 5.41) is 3.21. The second kappa shape index (κ2) is 5.95. The molecule has 0 fully saturated rings. The van der Waals surface area contributed by atoms with Crippen molar-refractivity contribution in [2.75, 3.05) is 0 Å². The molecule has 0 bridgehead atoms. The largest absolute Gasteiger partial charge is 0.320 e. The molecule has 0 aromatic heterocycles. The van der Waals surface area contributed by atoms with E-state index in [0.717, 1.165) is 19.7 Å². The highest BCUT2D eigenvalue weighted by Crippen LogP contribution is 2.31. The monoisotopic (exact) mass is 407 g/mol. The molecule has 1 unspecified atom stereocenters. The number of rotatable bonds is 2. The molecule has 1 nitrogen and oxygen atoms in total. The Kier molecular flexibility index (Phi) is 4.20. The number of hydrogen-bond acceptors (Lipinski definition) is 1. The van der Waals surface area contributed by atoms with Gasteiger partial charge >= 0.3 is 0 Å². The lowest BCUT2D eigenvalue weighted by Gasteiger charge is -2.17. The third-order valence-corrected chi connectivity index (χ3v) is 5.39. The lowest BCUT2D eigenvalue weighted by atomic mass is 9.92. The minimum Gasteiger partial charge on any atom is -0.320 e. The molecule has 3 aromatic rings. The first-order valence-electron chi connectivity index (χ1n) is 6.76. The maximum Gasteiger partial charge on any atom is 0.0558 e. The zero-order valence-electron chi connectivity index (χ0n) is 11.6. The molecule has 0 saturated heterocycles. The molecule has 0 aliphatic rings. The van der Waals surface area contributed by atoms with Crippen LogP contribution in [-0.2, 0) is 0 Å². The van der Waals surface area contributed by atoms with E-state index in [1.54, 1.807) is 0 Å². The highest BCUT2D eigenvalue weighted by Gasteiger charge is 2.14. The smallest absolute Gasteiger partial charge is 0.0558 e. The van der Waals surface area contributed by atoms with Crippen molar-refractivity contribution >= 4 is 45.0 Å². The van der Waals surface area contributed by atoms with Crippen LogP contribution in [0.2, 0.25) is 5.02 Å². The average Bonchev–Trinajstić information content (AvgIpc) is 2.50. The van der Waals surface area contributed by atoms with Crippen LogP contribution in [0, 0.1) is 10.5 Å². The molecule has 106 valence electrons. The van der Waals surface area contributed by atoms with E-state index in [1.807, 2.05) is 18.2 Å². The highest BCUT2D eigenvalue weighted by molar-refractivity contribution is 14.1. The van der Waals surface area contributed by atoms with E-state index >= 15 is 0 Å². The van der Waals surface area contributed by atoms with Gasteiger partial charge in [0.05, 0.1) is 11.1 Å². The van der Waals surface area contributed by atoms with Crippen LogP contribution in [0.1, 0.15) is 22.7 Å². The van der Waals surface area contributed by atoms with Gasteiger partial charge in [0.25, 0.3) is 0 Å². The van der Waals surface area contributed by atoms with Crippen molar-refractivity contribution in [3.05, 3.63) is 79.9 Å². The molecular formula is C18H15ClIN. The fourth-order valence-corrected chi connectivity index (χ4v) is 3.15. The lowest BCUT2D eigenvalue weighted by Crippen LogP contribution is -2.12. The first-order valence-corrected chi connectivity index (χ1v) is 8.22. The molecule has 0 aliphatic carbocycles. The van der Waals surface area contributed by atoms with E-state index in [2.05, 4.69) is 65.9 Å². The summed E-state index contributed by atoms with van der Waals surface area (Å²) in [6, 6.07) is 18.5. The van der Waals surface area contributed by atoms with Crippen molar-refractivity contribution in [1.82, 2.24) is 0 Å². The van der Waals surface area contributed by atoms with Crippen molar-refractivity contribution in [3.8, 4) is 0 Å². The number of aryl methyl sites for hydroxylation is 1. The van der Waals surface area contributed by atoms with Crippen molar-refractivity contribution in [1.29, 1.82) is 0 Å². The summed E-state index contributed by atoms with van der Waals surface area (Å²) < 4.78 is 1.04. The van der Waals surface area contributed by atoms with E-state index in [0.29, 0.717) is 0 Å². The number of benzene rings is 3. The summed E-state index contributed by atoms with van der Waals surface area (Å²) >= 11 is 8.45. The highest BCUT2D eigenvalue weighted by atomic mass is 127. The van der Waals surface area contributed by atoms with Crippen LogP contribution < -0.4 is 5.73 Å². The summed E-state index contributed by atoms with van der Waals surface area (Å²) in [4.78, 5) is 0. The fourth-order valence-electron chi connectivity index (χ4n) is 2.63. The predicted octanol–water partition coefficient (Wildman–Crippen LogP) is 5.45. The quantitative estimate of drug-likeness (QED) is 0.561. The van der Waals surface area contributed by atoms with E-state index in [-0.39, 0.29) is 6.04 Å². The summed E-state index contributed by atoms with van der Waals surface area (Å²) in [6.07, 6.45) is 0. The number of nitrogens with two attached hydrogens (primary N) is 1. The Bertz CT molecular complexity index is 813. The van der Waals surface area contributed by atoms with Gasteiger partial charge in [0, 0.05) is 3.57 Å². The first kappa shape index (κ1) is 14.8. The number of hydrogen-bond donors (Lipinski definition) is 1. The minimum atomic E-state index is -0.176. The van der Waals surface area contributed by atoms with Gasteiger partial charge in [-0.15, -0.1) is 0 Å². The zero-order valence-corrected chi connectivity index (χ0v) is 14.5. The van der Waals surface area contributed by atoms with Gasteiger partial charge in [-0.05, 0) is 69.1 Å². The van der Waals surface area contributed by atoms with Gasteiger partial charge in [-0.25, -0.2) is 0 Å². The van der Waals surface area contributed by atoms with E-state index in [4.69, 9.17) is 17.3 Å². The Balaban J connectivity index is 2.15. The molecule has 21 heavy (non-hydrogen) atoms. The Labute approximate surface area is 143 Å². The maximum atomic E-state index is 6.49. The molecular weight excluding hydrogens is 393 g/mol. The zero-order chi connectivity index (χ0) is 15.0. The summed E-state index contributed by atoms with van der Waals surface area (Å²) in [5.74, 6) is 0. The molecule has 0 aliphatic heterocycles. The predicted molar refractivity (Wildman–Crippen MR) is 98.9 cm³/mol. The molecule has 3 heteroatoms. The van der Waals surface area contributed by atoms with Crippen LogP contribution in [0.25, 0.3) is 10.8 Å². The minimum absolute atomic E-state index is 0.176. The normalized spacial score (nSPS) is 12.6. The van der Waals surface area contributed by atoms with E-state index in [1.165, 1.54) is 16.3 Å². The van der Waals surface area contributed by atoms with Crippen LogP contribution >= 0.6 is 34.2 Å². The van der Waals surface area contributed by atoms with Crippen LogP contribution in [0.5, 0.6) is 0 Å². The van der Waals surface area contributed by atoms with Crippen molar-refractivity contribution in [3.63, 3.8) is 0 Å². The van der Waals surface area contributed by atoms with Crippen LogP contribution in [-0.4, -0.2) is 0 Å². The Morgan fingerprint density at radius 3 is 2.43 bits per heavy atom. The van der Waals surface area contributed by atoms with Crippen LogP contribution in [0.4, 0.5) is 0 Å². The second-order valence-corrected chi connectivity index (χ2v) is 6.74. The average molecular weight is 408 g/mol. The second-order valence-electron chi connectivity index (χ2n) is 5.17. The third kappa shape index (κ3) is 2.80. The lowest BCUT2D eigenvalue weighted by molar-refractivity contribution is 0.880. The molecule has 2 N–H and O–H groups in total. The van der Waals surface area contributed by atoms with Crippen molar-refractivity contribution < 1.29 is 0 Å². The molecule has 3 rings (SSSR count). The molecule has 0 heterocycles. The van der Waals surface area contributed by atoms with Gasteiger partial charge in [-0.2, -0.15) is 0 Å². The topological polar surface area (TPSA) is 26.0 Å². The molecule has 0 radical (unpaired) electrons. The molecule has 1 atom stereocenters. The van der Waals surface area contributed by atoms with Gasteiger partial charge in [0.2, 0.25) is 0 Å². The third-order valence-electron chi connectivity index (χ3n) is 3.81. The summed E-state index contributed by atoms with van der Waals surface area (Å²) in [6.45, 7) is 2.12. The fraction of sp³-hybridized carbons (Fsp3) is 0.111. The Morgan fingerprint density at radius 1 is 1.00 bits per heavy atom. The number of fused-ring (bicyclic) bond motifs is 1. The Hall–Kier alpha value is -1.10. The standard InChI is InChI=1S/C18H15ClIN/c1-11-6-8-15(14-5-3-2-4-13(11)14)18(21)12-7-9-17(20)16(19)10-12/h2-10,18H,21H2,1H3. The summed E-state index contributed by atoms with van der Waals surface area (Å²) in [5.41, 5.74) is 9.93. The van der Waals surface area contributed by atoms with E-state index < -0.39 is 0 Å². The molecule has 0 spiro atoms. The van der Waals surface area contributed by atoms with Crippen LogP contribution in [0.15, 0.2) is 54.6 Å². The van der Waals surface area contributed by atoms with Gasteiger partial charge in [-0.1, -0.05) is 54.1 Å². The van der Waals surface area contributed by atoms with Gasteiger partial charge < -0.3 is 5.73 Å². The molecule has 3 aromatic carbocycles. The number of halogens is 2. The Morgan fingerprint density at radius 2 is 1.71 bits per heavy atom. The van der Waals surface area contributed by atoms with Gasteiger partial charge in [-0.3, -0.25) is 0 Å². The van der Waals surface area contributed by atoms with Gasteiger partial charge in [0.15, 0.2) is 0 Å². The SMILES string of the molecule is Cc1ccc(C(N)c2ccc(I)c(Cl)c2)c2ccccc12. The van der Waals surface area contributed by atoms with Gasteiger partial charge in [0.1, 0.15) is 0 Å².